The molecule has 2 amide bonds. The molecule has 5 heteroatoms. The van der Waals surface area contributed by atoms with Crippen molar-refractivity contribution in [1.29, 1.82) is 0 Å². The Morgan fingerprint density at radius 3 is 2.34 bits per heavy atom. The SMILES string of the molecule is Cc1cc2occ(CC(=O)NCC(=O)Nc3c(C)cccc3C)c2cc1C(C)C. The maximum Gasteiger partial charge on any atom is 0.243 e. The summed E-state index contributed by atoms with van der Waals surface area (Å²) in [7, 11) is 0. The standard InChI is InChI=1S/C24H28N2O3/c1-14(2)19-11-20-18(13-29-21(20)9-17(19)5)10-22(27)25-12-23(28)26-24-15(3)7-6-8-16(24)4/h6-9,11,13-14H,10,12H2,1-5H3,(H,25,27)(H,26,28). The van der Waals surface area contributed by atoms with Gasteiger partial charge in [-0.1, -0.05) is 32.0 Å². The van der Waals surface area contributed by atoms with Crippen molar-refractivity contribution in [2.24, 2.45) is 0 Å². The van der Waals surface area contributed by atoms with Gasteiger partial charge in [-0.2, -0.15) is 0 Å². The van der Waals surface area contributed by atoms with E-state index in [0.717, 1.165) is 33.3 Å². The van der Waals surface area contributed by atoms with E-state index in [1.54, 1.807) is 6.26 Å². The molecule has 0 aliphatic heterocycles. The topological polar surface area (TPSA) is 71.3 Å². The molecule has 0 spiro atoms. The summed E-state index contributed by atoms with van der Waals surface area (Å²) in [6, 6.07) is 9.96. The van der Waals surface area contributed by atoms with Gasteiger partial charge in [0.05, 0.1) is 19.2 Å². The number of amides is 2. The quantitative estimate of drug-likeness (QED) is 0.634. The summed E-state index contributed by atoms with van der Waals surface area (Å²) in [4.78, 5) is 24.6. The number of hydrogen-bond donors (Lipinski definition) is 2. The Hall–Kier alpha value is -3.08. The Morgan fingerprint density at radius 2 is 1.69 bits per heavy atom. The fourth-order valence-electron chi connectivity index (χ4n) is 3.61. The molecule has 0 saturated heterocycles. The van der Waals surface area contributed by atoms with Gasteiger partial charge < -0.3 is 15.1 Å². The number of hydrogen-bond acceptors (Lipinski definition) is 3. The zero-order valence-corrected chi connectivity index (χ0v) is 17.7. The van der Waals surface area contributed by atoms with Gasteiger partial charge in [-0.15, -0.1) is 0 Å². The molecule has 2 aromatic carbocycles. The zero-order chi connectivity index (χ0) is 21.1. The average molecular weight is 392 g/mol. The van der Waals surface area contributed by atoms with Gasteiger partial charge in [0.1, 0.15) is 5.58 Å². The second-order valence-electron chi connectivity index (χ2n) is 7.89. The lowest BCUT2D eigenvalue weighted by Gasteiger charge is -2.12. The number of carbonyl (C=O) groups excluding carboxylic acids is 2. The summed E-state index contributed by atoms with van der Waals surface area (Å²) >= 11 is 0. The summed E-state index contributed by atoms with van der Waals surface area (Å²) in [5, 5.41) is 6.53. The van der Waals surface area contributed by atoms with Crippen molar-refractivity contribution >= 4 is 28.5 Å². The van der Waals surface area contributed by atoms with Crippen LogP contribution in [0.2, 0.25) is 0 Å². The highest BCUT2D eigenvalue weighted by atomic mass is 16.3. The monoisotopic (exact) mass is 392 g/mol. The second-order valence-corrected chi connectivity index (χ2v) is 7.89. The lowest BCUT2D eigenvalue weighted by atomic mass is 9.95. The van der Waals surface area contributed by atoms with E-state index in [0.29, 0.717) is 5.92 Å². The van der Waals surface area contributed by atoms with Gasteiger partial charge in [0, 0.05) is 16.6 Å². The molecular weight excluding hydrogens is 364 g/mol. The molecule has 1 heterocycles. The third-order valence-corrected chi connectivity index (χ3v) is 5.21. The van der Waals surface area contributed by atoms with E-state index in [-0.39, 0.29) is 24.8 Å². The number of para-hydroxylation sites is 1. The van der Waals surface area contributed by atoms with Crippen LogP contribution in [0.25, 0.3) is 11.0 Å². The third kappa shape index (κ3) is 4.67. The number of benzene rings is 2. The Morgan fingerprint density at radius 1 is 1.00 bits per heavy atom. The summed E-state index contributed by atoms with van der Waals surface area (Å²) in [6.07, 6.45) is 1.80. The minimum atomic E-state index is -0.245. The highest BCUT2D eigenvalue weighted by Gasteiger charge is 2.15. The molecule has 0 saturated carbocycles. The van der Waals surface area contributed by atoms with Crippen molar-refractivity contribution < 1.29 is 14.0 Å². The molecule has 0 aliphatic carbocycles. The molecule has 5 nitrogen and oxygen atoms in total. The van der Waals surface area contributed by atoms with Gasteiger partial charge in [0.25, 0.3) is 0 Å². The Bertz CT molecular complexity index is 1040. The highest BCUT2D eigenvalue weighted by Crippen LogP contribution is 2.29. The first kappa shape index (κ1) is 20.6. The van der Waals surface area contributed by atoms with Crippen LogP contribution >= 0.6 is 0 Å². The average Bonchev–Trinajstić information content (AvgIpc) is 3.03. The van der Waals surface area contributed by atoms with Gasteiger partial charge in [0.15, 0.2) is 0 Å². The fraction of sp³-hybridized carbons (Fsp3) is 0.333. The van der Waals surface area contributed by atoms with Crippen LogP contribution in [0.15, 0.2) is 41.0 Å². The molecule has 2 N–H and O–H groups in total. The van der Waals surface area contributed by atoms with Gasteiger partial charge >= 0.3 is 0 Å². The maximum atomic E-state index is 12.4. The van der Waals surface area contributed by atoms with Crippen molar-refractivity contribution in [3.05, 3.63) is 64.4 Å². The number of carbonyl (C=O) groups is 2. The van der Waals surface area contributed by atoms with Crippen molar-refractivity contribution in [3.8, 4) is 0 Å². The van der Waals surface area contributed by atoms with Crippen molar-refractivity contribution in [1.82, 2.24) is 5.32 Å². The maximum absolute atomic E-state index is 12.4. The molecule has 1 aromatic heterocycles. The van der Waals surface area contributed by atoms with Crippen LogP contribution in [0.3, 0.4) is 0 Å². The lowest BCUT2D eigenvalue weighted by molar-refractivity contribution is -0.123. The molecule has 0 bridgehead atoms. The summed E-state index contributed by atoms with van der Waals surface area (Å²) in [5.41, 5.74) is 6.81. The summed E-state index contributed by atoms with van der Waals surface area (Å²) < 4.78 is 5.64. The lowest BCUT2D eigenvalue weighted by Crippen LogP contribution is -2.34. The molecular formula is C24H28N2O3. The molecule has 0 radical (unpaired) electrons. The van der Waals surface area contributed by atoms with Crippen LogP contribution in [-0.4, -0.2) is 18.4 Å². The number of furan rings is 1. The molecule has 152 valence electrons. The Balaban J connectivity index is 1.64. The summed E-state index contributed by atoms with van der Waals surface area (Å²) in [6.45, 7) is 10.2. The van der Waals surface area contributed by atoms with E-state index < -0.39 is 0 Å². The molecule has 0 fully saturated rings. The first-order chi connectivity index (χ1) is 13.8. The Kier molecular flexibility index (Phi) is 6.06. The molecule has 3 aromatic rings. The second kappa shape index (κ2) is 8.52. The first-order valence-electron chi connectivity index (χ1n) is 9.89. The largest absolute Gasteiger partial charge is 0.464 e. The van der Waals surface area contributed by atoms with Gasteiger partial charge in [-0.25, -0.2) is 0 Å². The first-order valence-corrected chi connectivity index (χ1v) is 9.89. The van der Waals surface area contributed by atoms with E-state index in [1.165, 1.54) is 11.1 Å². The van der Waals surface area contributed by atoms with Crippen LogP contribution in [0.4, 0.5) is 5.69 Å². The number of anilines is 1. The highest BCUT2D eigenvalue weighted by molar-refractivity contribution is 5.96. The van der Waals surface area contributed by atoms with Gasteiger partial charge in [0.2, 0.25) is 11.8 Å². The predicted octanol–water partition coefficient (Wildman–Crippen LogP) is 4.78. The molecule has 0 atom stereocenters. The predicted molar refractivity (Wildman–Crippen MR) is 116 cm³/mol. The Labute approximate surface area is 171 Å². The van der Waals surface area contributed by atoms with Crippen LogP contribution in [-0.2, 0) is 16.0 Å². The smallest absolute Gasteiger partial charge is 0.243 e. The number of aryl methyl sites for hydroxylation is 3. The van der Waals surface area contributed by atoms with Gasteiger partial charge in [-0.05, 0) is 61.1 Å². The fourth-order valence-corrected chi connectivity index (χ4v) is 3.61. The number of fused-ring (bicyclic) bond motifs is 1. The molecule has 0 aliphatic rings. The number of rotatable bonds is 6. The van der Waals surface area contributed by atoms with Crippen LogP contribution in [0, 0.1) is 20.8 Å². The minimum Gasteiger partial charge on any atom is -0.464 e. The van der Waals surface area contributed by atoms with Crippen LogP contribution in [0.5, 0.6) is 0 Å². The molecule has 29 heavy (non-hydrogen) atoms. The van der Waals surface area contributed by atoms with Crippen LogP contribution in [0.1, 0.15) is 47.6 Å². The van der Waals surface area contributed by atoms with E-state index >= 15 is 0 Å². The van der Waals surface area contributed by atoms with E-state index in [1.807, 2.05) is 38.1 Å². The number of nitrogens with one attached hydrogen (secondary N) is 2. The van der Waals surface area contributed by atoms with E-state index in [2.05, 4.69) is 37.5 Å². The van der Waals surface area contributed by atoms with Crippen LogP contribution < -0.4 is 10.6 Å². The van der Waals surface area contributed by atoms with Crippen molar-refractivity contribution in [2.45, 2.75) is 47.0 Å². The van der Waals surface area contributed by atoms with Crippen molar-refractivity contribution in [2.75, 3.05) is 11.9 Å². The normalized spacial score (nSPS) is 11.1. The van der Waals surface area contributed by atoms with Crippen molar-refractivity contribution in [3.63, 3.8) is 0 Å². The molecule has 0 unspecified atom stereocenters. The summed E-state index contributed by atoms with van der Waals surface area (Å²) in [5.74, 6) is -0.0638. The minimum absolute atomic E-state index is 0.0707. The van der Waals surface area contributed by atoms with E-state index in [4.69, 9.17) is 4.42 Å². The zero-order valence-electron chi connectivity index (χ0n) is 17.7. The molecule has 3 rings (SSSR count). The van der Waals surface area contributed by atoms with Gasteiger partial charge in [-0.3, -0.25) is 9.59 Å². The van der Waals surface area contributed by atoms with E-state index in [9.17, 15) is 9.59 Å². The third-order valence-electron chi connectivity index (χ3n) is 5.21.